The number of carbonyl (C=O) groups excluding carboxylic acids is 5. The average molecular weight is 432 g/mol. The van der Waals surface area contributed by atoms with Crippen LogP contribution in [0.2, 0.25) is 0 Å². The summed E-state index contributed by atoms with van der Waals surface area (Å²) in [5, 5.41) is 4.95. The molecule has 0 aliphatic carbocycles. The van der Waals surface area contributed by atoms with E-state index in [0.717, 1.165) is 10.5 Å². The first-order valence-electron chi connectivity index (χ1n) is 10.1. The third-order valence-electron chi connectivity index (χ3n) is 4.69. The number of nitrogens with two attached hydrogens (primary N) is 1. The van der Waals surface area contributed by atoms with Gasteiger partial charge in [-0.1, -0.05) is 44.2 Å². The molecule has 1 aromatic rings. The summed E-state index contributed by atoms with van der Waals surface area (Å²) in [5.74, 6) is -2.37. The molecule has 2 unspecified atom stereocenters. The number of ether oxygens (including phenoxy) is 1. The monoisotopic (exact) mass is 432 g/mol. The Hall–Kier alpha value is -3.43. The van der Waals surface area contributed by atoms with Gasteiger partial charge in [0.15, 0.2) is 0 Å². The Morgan fingerprint density at radius 3 is 2.48 bits per heavy atom. The zero-order chi connectivity index (χ0) is 23.0. The van der Waals surface area contributed by atoms with Crippen molar-refractivity contribution in [3.8, 4) is 0 Å². The average Bonchev–Trinajstić information content (AvgIpc) is 3.11. The van der Waals surface area contributed by atoms with Crippen LogP contribution in [0.25, 0.3) is 0 Å². The fourth-order valence-electron chi connectivity index (χ4n) is 3.22. The lowest BCUT2D eigenvalue weighted by molar-refractivity contribution is -0.135. The molecule has 5 amide bonds. The number of likely N-dealkylation sites (tertiary alicyclic amines) is 1. The molecular formula is C21H28N4O6. The maximum Gasteiger partial charge on any atom is 0.417 e. The number of nitrogens with one attached hydrogen (secondary N) is 2. The number of hydrogen-bond acceptors (Lipinski definition) is 6. The molecule has 4 N–H and O–H groups in total. The van der Waals surface area contributed by atoms with Gasteiger partial charge in [0.25, 0.3) is 0 Å². The van der Waals surface area contributed by atoms with Gasteiger partial charge < -0.3 is 21.1 Å². The van der Waals surface area contributed by atoms with E-state index in [0.29, 0.717) is 6.42 Å². The molecule has 1 aliphatic rings. The van der Waals surface area contributed by atoms with E-state index in [1.54, 1.807) is 24.3 Å². The van der Waals surface area contributed by atoms with Gasteiger partial charge in [0, 0.05) is 6.42 Å². The van der Waals surface area contributed by atoms with Crippen molar-refractivity contribution < 1.29 is 28.7 Å². The van der Waals surface area contributed by atoms with Gasteiger partial charge in [-0.3, -0.25) is 19.2 Å². The second kappa shape index (κ2) is 11.1. The van der Waals surface area contributed by atoms with Crippen LogP contribution in [-0.4, -0.2) is 53.3 Å². The Kier molecular flexibility index (Phi) is 8.53. The highest BCUT2D eigenvalue weighted by molar-refractivity contribution is 6.01. The van der Waals surface area contributed by atoms with E-state index in [2.05, 4.69) is 10.6 Å². The Balaban J connectivity index is 2.04. The van der Waals surface area contributed by atoms with Gasteiger partial charge in [-0.15, -0.1) is 0 Å². The smallest absolute Gasteiger partial charge is 0.417 e. The van der Waals surface area contributed by atoms with Gasteiger partial charge in [0.2, 0.25) is 23.6 Å². The van der Waals surface area contributed by atoms with E-state index in [1.807, 2.05) is 19.9 Å². The highest BCUT2D eigenvalue weighted by atomic mass is 16.6. The molecule has 0 aromatic heterocycles. The molecule has 1 saturated heterocycles. The van der Waals surface area contributed by atoms with Crippen molar-refractivity contribution in [3.63, 3.8) is 0 Å². The van der Waals surface area contributed by atoms with E-state index >= 15 is 0 Å². The summed E-state index contributed by atoms with van der Waals surface area (Å²) in [5.41, 5.74) is 5.79. The van der Waals surface area contributed by atoms with Crippen molar-refractivity contribution in [1.29, 1.82) is 0 Å². The van der Waals surface area contributed by atoms with Crippen LogP contribution >= 0.6 is 0 Å². The fraction of sp³-hybridized carbons (Fsp3) is 0.476. The third kappa shape index (κ3) is 7.09. The summed E-state index contributed by atoms with van der Waals surface area (Å²) in [7, 11) is 0. The SMILES string of the molecule is CC(C)CC(NC(=O)C1CCC(=O)N1C(=O)OCc1ccccc1)C(=O)NCC(N)=O. The Labute approximate surface area is 180 Å². The summed E-state index contributed by atoms with van der Waals surface area (Å²) in [6.45, 7) is 3.34. The number of hydrogen-bond donors (Lipinski definition) is 3. The summed E-state index contributed by atoms with van der Waals surface area (Å²) in [6, 6.07) is 6.92. The van der Waals surface area contributed by atoms with Gasteiger partial charge >= 0.3 is 6.09 Å². The molecule has 0 saturated carbocycles. The number of amides is 5. The van der Waals surface area contributed by atoms with E-state index in [-0.39, 0.29) is 31.9 Å². The molecule has 10 nitrogen and oxygen atoms in total. The van der Waals surface area contributed by atoms with E-state index in [9.17, 15) is 24.0 Å². The number of carbonyl (C=O) groups is 5. The van der Waals surface area contributed by atoms with Crippen LogP contribution in [0.4, 0.5) is 4.79 Å². The van der Waals surface area contributed by atoms with Gasteiger partial charge in [0.1, 0.15) is 18.7 Å². The summed E-state index contributed by atoms with van der Waals surface area (Å²) in [6.07, 6.45) is -0.468. The van der Waals surface area contributed by atoms with Crippen LogP contribution in [0.3, 0.4) is 0 Å². The summed E-state index contributed by atoms with van der Waals surface area (Å²) < 4.78 is 5.20. The van der Waals surface area contributed by atoms with Crippen LogP contribution in [0.5, 0.6) is 0 Å². The molecule has 0 bridgehead atoms. The van der Waals surface area contributed by atoms with Crippen LogP contribution < -0.4 is 16.4 Å². The number of benzene rings is 1. The topological polar surface area (TPSA) is 148 Å². The minimum Gasteiger partial charge on any atom is -0.444 e. The van der Waals surface area contributed by atoms with E-state index in [1.165, 1.54) is 0 Å². The lowest BCUT2D eigenvalue weighted by atomic mass is 10.0. The lowest BCUT2D eigenvalue weighted by Crippen LogP contribution is -2.54. The van der Waals surface area contributed by atoms with E-state index < -0.39 is 41.8 Å². The number of nitrogens with zero attached hydrogens (tertiary/aromatic N) is 1. The quantitative estimate of drug-likeness (QED) is 0.516. The van der Waals surface area contributed by atoms with Crippen molar-refractivity contribution in [2.75, 3.05) is 6.54 Å². The van der Waals surface area contributed by atoms with Gasteiger partial charge in [-0.25, -0.2) is 9.69 Å². The maximum absolute atomic E-state index is 12.8. The van der Waals surface area contributed by atoms with E-state index in [4.69, 9.17) is 10.5 Å². The van der Waals surface area contributed by atoms with Gasteiger partial charge in [0.05, 0.1) is 6.54 Å². The predicted molar refractivity (Wildman–Crippen MR) is 110 cm³/mol. The summed E-state index contributed by atoms with van der Waals surface area (Å²) >= 11 is 0. The molecule has 31 heavy (non-hydrogen) atoms. The van der Waals surface area contributed by atoms with Crippen molar-refractivity contribution in [2.45, 2.75) is 51.8 Å². The molecule has 1 fully saturated rings. The lowest BCUT2D eigenvalue weighted by Gasteiger charge is -2.25. The Morgan fingerprint density at radius 1 is 1.19 bits per heavy atom. The second-order valence-corrected chi connectivity index (χ2v) is 7.73. The van der Waals surface area contributed by atoms with Crippen LogP contribution in [0.15, 0.2) is 30.3 Å². The molecule has 168 valence electrons. The van der Waals surface area contributed by atoms with Crippen molar-refractivity contribution in [2.24, 2.45) is 11.7 Å². The standard InChI is InChI=1S/C21H28N4O6/c1-13(2)10-15(19(28)23-11-17(22)26)24-20(29)16-8-9-18(27)25(16)21(30)31-12-14-6-4-3-5-7-14/h3-7,13,15-16H,8-12H2,1-2H3,(H2,22,26)(H,23,28)(H,24,29). The third-order valence-corrected chi connectivity index (χ3v) is 4.69. The molecule has 2 atom stereocenters. The van der Waals surface area contributed by atoms with Crippen LogP contribution in [0, 0.1) is 5.92 Å². The Morgan fingerprint density at radius 2 is 1.87 bits per heavy atom. The molecule has 1 heterocycles. The van der Waals surface area contributed by atoms with Crippen molar-refractivity contribution >= 4 is 29.7 Å². The normalized spacial score (nSPS) is 16.7. The number of primary amides is 1. The minimum absolute atomic E-state index is 0.0151. The molecule has 1 aliphatic heterocycles. The molecule has 0 spiro atoms. The first-order chi connectivity index (χ1) is 14.7. The van der Waals surface area contributed by atoms with Gasteiger partial charge in [-0.2, -0.15) is 0 Å². The number of rotatable bonds is 9. The molecule has 0 radical (unpaired) electrons. The maximum atomic E-state index is 12.8. The zero-order valence-electron chi connectivity index (χ0n) is 17.6. The summed E-state index contributed by atoms with van der Waals surface area (Å²) in [4.78, 5) is 61.6. The predicted octanol–water partition coefficient (Wildman–Crippen LogP) is 0.447. The fourth-order valence-corrected chi connectivity index (χ4v) is 3.22. The molecule has 2 rings (SSSR count). The molecule has 10 heteroatoms. The Bertz CT molecular complexity index is 826. The second-order valence-electron chi connectivity index (χ2n) is 7.73. The van der Waals surface area contributed by atoms with Crippen LogP contribution in [-0.2, 0) is 30.5 Å². The van der Waals surface area contributed by atoms with Gasteiger partial charge in [-0.05, 0) is 24.3 Å². The number of imide groups is 1. The highest BCUT2D eigenvalue weighted by Crippen LogP contribution is 2.21. The van der Waals surface area contributed by atoms with Crippen LogP contribution in [0.1, 0.15) is 38.7 Å². The minimum atomic E-state index is -1.07. The van der Waals surface area contributed by atoms with Crippen molar-refractivity contribution in [1.82, 2.24) is 15.5 Å². The first kappa shape index (κ1) is 23.8. The van der Waals surface area contributed by atoms with Crippen molar-refractivity contribution in [3.05, 3.63) is 35.9 Å². The largest absolute Gasteiger partial charge is 0.444 e. The molecular weight excluding hydrogens is 404 g/mol. The highest BCUT2D eigenvalue weighted by Gasteiger charge is 2.42. The molecule has 1 aromatic carbocycles. The first-order valence-corrected chi connectivity index (χ1v) is 10.1. The zero-order valence-corrected chi connectivity index (χ0v) is 17.6.